The second kappa shape index (κ2) is 8.30. The summed E-state index contributed by atoms with van der Waals surface area (Å²) < 4.78 is 5.73. The lowest BCUT2D eigenvalue weighted by Gasteiger charge is -2.33. The van der Waals surface area contributed by atoms with Crippen LogP contribution in [0.4, 0.5) is 4.79 Å². The van der Waals surface area contributed by atoms with Gasteiger partial charge < -0.3 is 10.1 Å². The Labute approximate surface area is 185 Å². The number of imide groups is 1. The first kappa shape index (κ1) is 21.3. The largest absolute Gasteiger partial charge is 0.486 e. The molecule has 0 radical (unpaired) electrons. The van der Waals surface area contributed by atoms with Crippen molar-refractivity contribution in [2.24, 2.45) is 5.92 Å². The van der Waals surface area contributed by atoms with Crippen molar-refractivity contribution in [1.82, 2.24) is 20.7 Å². The molecule has 1 spiro atoms. The number of urea groups is 1. The van der Waals surface area contributed by atoms with Crippen LogP contribution < -0.4 is 15.5 Å². The Morgan fingerprint density at radius 3 is 2.61 bits per heavy atom. The van der Waals surface area contributed by atoms with E-state index in [1.807, 2.05) is 31.2 Å². The molecule has 2 heterocycles. The molecule has 0 atom stereocenters. The Balaban J connectivity index is 1.41. The van der Waals surface area contributed by atoms with E-state index in [0.717, 1.165) is 29.2 Å². The summed E-state index contributed by atoms with van der Waals surface area (Å²) in [6, 6.07) is 7.09. The molecule has 1 saturated carbocycles. The summed E-state index contributed by atoms with van der Waals surface area (Å²) in [7, 11) is 0. The summed E-state index contributed by atoms with van der Waals surface area (Å²) in [6.45, 7) is 6.09. The molecule has 164 valence electrons. The van der Waals surface area contributed by atoms with E-state index in [0.29, 0.717) is 34.3 Å². The van der Waals surface area contributed by atoms with Crippen LogP contribution in [0.2, 0.25) is 0 Å². The van der Waals surface area contributed by atoms with Crippen molar-refractivity contribution >= 4 is 29.2 Å². The maximum absolute atomic E-state index is 12.9. The average Bonchev–Trinajstić information content (AvgIpc) is 3.22. The van der Waals surface area contributed by atoms with Crippen molar-refractivity contribution in [3.8, 4) is 5.75 Å². The number of rotatable bonds is 5. The lowest BCUT2D eigenvalue weighted by atomic mass is 9.77. The van der Waals surface area contributed by atoms with Crippen molar-refractivity contribution in [3.05, 3.63) is 45.4 Å². The first-order valence-electron chi connectivity index (χ1n) is 10.4. The van der Waals surface area contributed by atoms with E-state index in [4.69, 9.17) is 4.74 Å². The number of carbonyl (C=O) groups is 3. The minimum Gasteiger partial charge on any atom is -0.486 e. The van der Waals surface area contributed by atoms with E-state index in [2.05, 4.69) is 22.7 Å². The van der Waals surface area contributed by atoms with Crippen LogP contribution >= 0.6 is 11.3 Å². The normalized spacial score (nSPS) is 23.2. The van der Waals surface area contributed by atoms with E-state index < -0.39 is 17.5 Å². The number of carbonyl (C=O) groups excluding carboxylic acids is 3. The van der Waals surface area contributed by atoms with Crippen molar-refractivity contribution in [2.45, 2.75) is 58.6 Å². The van der Waals surface area contributed by atoms with Crippen molar-refractivity contribution in [1.29, 1.82) is 0 Å². The zero-order chi connectivity index (χ0) is 22.2. The number of aryl methyl sites for hydroxylation is 2. The average molecular weight is 443 g/mol. The maximum atomic E-state index is 12.9. The number of hydrazine groups is 1. The number of nitrogens with one attached hydrogen (secondary N) is 2. The van der Waals surface area contributed by atoms with E-state index in [-0.39, 0.29) is 12.5 Å². The Bertz CT molecular complexity index is 1010. The zero-order valence-corrected chi connectivity index (χ0v) is 18.7. The van der Waals surface area contributed by atoms with Crippen LogP contribution in [0.5, 0.6) is 5.75 Å². The number of nitrogens with zero attached hydrogens (tertiary/aromatic N) is 2. The van der Waals surface area contributed by atoms with Crippen LogP contribution in [0, 0.1) is 19.8 Å². The third kappa shape index (κ3) is 4.27. The predicted octanol–water partition coefficient (Wildman–Crippen LogP) is 3.48. The summed E-state index contributed by atoms with van der Waals surface area (Å²) in [4.78, 5) is 42.9. The molecule has 2 aliphatic rings. The van der Waals surface area contributed by atoms with E-state index in [1.54, 1.807) is 6.92 Å². The summed E-state index contributed by atoms with van der Waals surface area (Å²) in [5, 5.41) is 4.26. The molecule has 0 bridgehead atoms. The number of thiazole rings is 1. The van der Waals surface area contributed by atoms with Gasteiger partial charge in [0.25, 0.3) is 11.8 Å². The van der Waals surface area contributed by atoms with Crippen molar-refractivity contribution < 1.29 is 19.1 Å². The first-order chi connectivity index (χ1) is 14.8. The van der Waals surface area contributed by atoms with Crippen LogP contribution in [-0.2, 0) is 11.4 Å². The van der Waals surface area contributed by atoms with Gasteiger partial charge in [-0.15, -0.1) is 11.3 Å². The van der Waals surface area contributed by atoms with Crippen LogP contribution in [0.15, 0.2) is 24.3 Å². The highest BCUT2D eigenvalue weighted by atomic mass is 32.1. The third-order valence-electron chi connectivity index (χ3n) is 5.93. The molecule has 2 fully saturated rings. The minimum atomic E-state index is -0.896. The second-order valence-corrected chi connectivity index (χ2v) is 9.48. The van der Waals surface area contributed by atoms with Gasteiger partial charge in [0.05, 0.1) is 5.69 Å². The molecule has 2 N–H and O–H groups in total. The van der Waals surface area contributed by atoms with E-state index in [1.165, 1.54) is 11.3 Å². The highest BCUT2D eigenvalue weighted by Crippen LogP contribution is 2.36. The fraction of sp³-hybridized carbons (Fsp3) is 0.455. The van der Waals surface area contributed by atoms with E-state index >= 15 is 0 Å². The third-order valence-corrected chi connectivity index (χ3v) is 7.06. The van der Waals surface area contributed by atoms with E-state index in [9.17, 15) is 14.4 Å². The lowest BCUT2D eigenvalue weighted by molar-refractivity contribution is -0.134. The topological polar surface area (TPSA) is 101 Å². The molecule has 1 saturated heterocycles. The molecule has 8 nitrogen and oxygen atoms in total. The molecule has 2 aromatic rings. The molecule has 1 aromatic carbocycles. The molecule has 4 rings (SSSR count). The zero-order valence-electron chi connectivity index (χ0n) is 17.9. The summed E-state index contributed by atoms with van der Waals surface area (Å²) in [5.74, 6) is 0.333. The van der Waals surface area contributed by atoms with Gasteiger partial charge in [-0.2, -0.15) is 5.01 Å². The maximum Gasteiger partial charge on any atom is 0.344 e. The second-order valence-electron chi connectivity index (χ2n) is 8.40. The van der Waals surface area contributed by atoms with Crippen LogP contribution in [0.1, 0.15) is 58.5 Å². The van der Waals surface area contributed by atoms with Crippen molar-refractivity contribution in [3.63, 3.8) is 0 Å². The minimum absolute atomic E-state index is 0.228. The van der Waals surface area contributed by atoms with Gasteiger partial charge in [-0.25, -0.2) is 9.78 Å². The smallest absolute Gasteiger partial charge is 0.344 e. The highest BCUT2D eigenvalue weighted by Gasteiger charge is 2.53. The SMILES string of the molecule is Cc1ccc(OCc2nc(C)c(C(=O)NN3C(=O)NC4(CCC(C)CC4)C3=O)s2)cc1. The Morgan fingerprint density at radius 2 is 1.94 bits per heavy atom. The fourth-order valence-electron chi connectivity index (χ4n) is 3.97. The number of ether oxygens (including phenoxy) is 1. The number of hydrogen-bond donors (Lipinski definition) is 2. The standard InChI is InChI=1S/C22H26N4O4S/c1-13-4-6-16(7-5-13)30-12-17-23-15(3)18(31-17)19(27)25-26-20(28)22(24-21(26)29)10-8-14(2)9-11-22/h4-7,14H,8-12H2,1-3H3,(H,24,29)(H,25,27). The van der Waals surface area contributed by atoms with Gasteiger partial charge in [0, 0.05) is 0 Å². The van der Waals surface area contributed by atoms with Crippen molar-refractivity contribution in [2.75, 3.05) is 0 Å². The molecule has 4 amide bonds. The molecule has 1 aliphatic carbocycles. The van der Waals surface area contributed by atoms with Gasteiger partial charge in [-0.1, -0.05) is 24.6 Å². The predicted molar refractivity (Wildman–Crippen MR) is 116 cm³/mol. The quantitative estimate of drug-likeness (QED) is 0.691. The number of amides is 4. The molecule has 0 unspecified atom stereocenters. The molecular weight excluding hydrogens is 416 g/mol. The van der Waals surface area contributed by atoms with Gasteiger partial charge >= 0.3 is 6.03 Å². The Morgan fingerprint density at radius 1 is 1.26 bits per heavy atom. The number of aromatic nitrogens is 1. The van der Waals surface area contributed by atoms with Crippen LogP contribution in [0.3, 0.4) is 0 Å². The van der Waals surface area contributed by atoms with Gasteiger partial charge in [0.1, 0.15) is 27.8 Å². The summed E-state index contributed by atoms with van der Waals surface area (Å²) in [6.07, 6.45) is 2.91. The first-order valence-corrected chi connectivity index (χ1v) is 11.2. The summed E-state index contributed by atoms with van der Waals surface area (Å²) >= 11 is 1.19. The molecular formula is C22H26N4O4S. The number of benzene rings is 1. The van der Waals surface area contributed by atoms with Gasteiger partial charge in [0.2, 0.25) is 0 Å². The lowest BCUT2D eigenvalue weighted by Crippen LogP contribution is -2.51. The Kier molecular flexibility index (Phi) is 5.70. The molecule has 1 aliphatic heterocycles. The monoisotopic (exact) mass is 442 g/mol. The summed E-state index contributed by atoms with van der Waals surface area (Å²) in [5.41, 5.74) is 3.24. The molecule has 9 heteroatoms. The number of hydrogen-bond acceptors (Lipinski definition) is 6. The van der Waals surface area contributed by atoms with Gasteiger partial charge in [0.15, 0.2) is 0 Å². The van der Waals surface area contributed by atoms with Gasteiger partial charge in [-0.3, -0.25) is 15.0 Å². The fourth-order valence-corrected chi connectivity index (χ4v) is 4.84. The van der Waals surface area contributed by atoms with Gasteiger partial charge in [-0.05, 0) is 57.6 Å². The molecule has 31 heavy (non-hydrogen) atoms. The Hall–Kier alpha value is -2.94. The van der Waals surface area contributed by atoms with Crippen LogP contribution in [-0.4, -0.2) is 33.4 Å². The van der Waals surface area contributed by atoms with Crippen LogP contribution in [0.25, 0.3) is 0 Å². The molecule has 1 aromatic heterocycles. The highest BCUT2D eigenvalue weighted by molar-refractivity contribution is 7.13.